The number of rotatable bonds is 5. The quantitative estimate of drug-likeness (QED) is 0.229. The van der Waals surface area contributed by atoms with Crippen LogP contribution in [0.1, 0.15) is 5.56 Å². The second-order valence-electron chi connectivity index (χ2n) is 5.57. The lowest BCUT2D eigenvalue weighted by atomic mass is 10.1. The van der Waals surface area contributed by atoms with Crippen molar-refractivity contribution in [1.29, 1.82) is 5.41 Å². The molecule has 0 unspecified atom stereocenters. The number of hydrogen-bond donors (Lipinski definition) is 6. The number of nitrogens with two attached hydrogens (primary N) is 2. The maximum Gasteiger partial charge on any atom is 0.274 e. The van der Waals surface area contributed by atoms with Crippen LogP contribution in [0.25, 0.3) is 0 Å². The second kappa shape index (κ2) is 7.40. The summed E-state index contributed by atoms with van der Waals surface area (Å²) in [5, 5.41) is 23.4. The van der Waals surface area contributed by atoms with Gasteiger partial charge < -0.3 is 27.2 Å². The topological polar surface area (TPSA) is 163 Å². The third kappa shape index (κ3) is 4.10. The van der Waals surface area contributed by atoms with Crippen molar-refractivity contribution in [2.75, 3.05) is 22.1 Å². The molecule has 9 heteroatoms. The molecule has 0 fully saturated rings. The van der Waals surface area contributed by atoms with E-state index in [2.05, 4.69) is 20.6 Å². The highest BCUT2D eigenvalue weighted by Gasteiger charge is 2.17. The van der Waals surface area contributed by atoms with Gasteiger partial charge in [-0.2, -0.15) is 4.98 Å². The van der Waals surface area contributed by atoms with E-state index < -0.39 is 5.91 Å². The van der Waals surface area contributed by atoms with Crippen LogP contribution in [0.3, 0.4) is 0 Å². The molecule has 2 aromatic carbocycles. The zero-order valence-corrected chi connectivity index (χ0v) is 14.1. The summed E-state index contributed by atoms with van der Waals surface area (Å²) in [6.07, 6.45) is 1.50. The number of hydrogen-bond acceptors (Lipinski definition) is 8. The molecular formula is C18H17N7O2. The summed E-state index contributed by atoms with van der Waals surface area (Å²) in [7, 11) is 0. The van der Waals surface area contributed by atoms with Gasteiger partial charge in [0.15, 0.2) is 0 Å². The van der Waals surface area contributed by atoms with E-state index in [1.54, 1.807) is 36.4 Å². The second-order valence-corrected chi connectivity index (χ2v) is 5.57. The third-order valence-corrected chi connectivity index (χ3v) is 3.65. The lowest BCUT2D eigenvalue weighted by Crippen LogP contribution is -2.24. The van der Waals surface area contributed by atoms with Gasteiger partial charge in [0.2, 0.25) is 5.95 Å². The number of nitrogen functional groups attached to an aromatic ring is 2. The first-order valence-electron chi connectivity index (χ1n) is 7.87. The van der Waals surface area contributed by atoms with E-state index in [1.807, 2.05) is 0 Å². The van der Waals surface area contributed by atoms with Crippen LogP contribution in [0.2, 0.25) is 0 Å². The van der Waals surface area contributed by atoms with E-state index in [-0.39, 0.29) is 34.3 Å². The van der Waals surface area contributed by atoms with Gasteiger partial charge in [-0.25, -0.2) is 4.98 Å². The Morgan fingerprint density at radius 3 is 2.63 bits per heavy atom. The van der Waals surface area contributed by atoms with Crippen LogP contribution in [-0.2, 0) is 4.79 Å². The highest BCUT2D eigenvalue weighted by molar-refractivity contribution is 6.48. The summed E-state index contributed by atoms with van der Waals surface area (Å²) in [5.41, 5.74) is 12.4. The molecule has 0 bridgehead atoms. The van der Waals surface area contributed by atoms with E-state index in [0.717, 1.165) is 0 Å². The first kappa shape index (κ1) is 17.7. The van der Waals surface area contributed by atoms with Crippen molar-refractivity contribution in [3.63, 3.8) is 0 Å². The molecule has 0 spiro atoms. The number of nitrogens with one attached hydrogen (secondary N) is 3. The van der Waals surface area contributed by atoms with E-state index in [1.165, 1.54) is 18.3 Å². The van der Waals surface area contributed by atoms with Crippen molar-refractivity contribution in [3.8, 4) is 5.75 Å². The van der Waals surface area contributed by atoms with Crippen LogP contribution in [0.5, 0.6) is 5.75 Å². The molecule has 8 N–H and O–H groups in total. The average molecular weight is 363 g/mol. The summed E-state index contributed by atoms with van der Waals surface area (Å²) in [6, 6.07) is 12.7. The van der Waals surface area contributed by atoms with Gasteiger partial charge in [-0.05, 0) is 36.4 Å². The molecule has 0 aliphatic heterocycles. The molecule has 1 aromatic heterocycles. The van der Waals surface area contributed by atoms with Crippen molar-refractivity contribution in [1.82, 2.24) is 9.97 Å². The van der Waals surface area contributed by atoms with Crippen LogP contribution in [0.15, 0.2) is 54.7 Å². The number of phenolic OH excluding ortho intramolecular Hbond substituents is 1. The number of amides is 1. The molecule has 27 heavy (non-hydrogen) atoms. The number of para-hydroxylation sites is 2. The highest BCUT2D eigenvalue weighted by atomic mass is 16.3. The maximum absolute atomic E-state index is 12.4. The van der Waals surface area contributed by atoms with Crippen LogP contribution < -0.4 is 22.1 Å². The minimum atomic E-state index is -0.702. The number of aromatic hydroxyl groups is 1. The Hall–Kier alpha value is -4.14. The first-order valence-corrected chi connectivity index (χ1v) is 7.87. The molecular weight excluding hydrogens is 346 g/mol. The maximum atomic E-state index is 12.4. The summed E-state index contributed by atoms with van der Waals surface area (Å²) < 4.78 is 0. The van der Waals surface area contributed by atoms with Crippen LogP contribution in [0, 0.1) is 5.41 Å². The van der Waals surface area contributed by atoms with Gasteiger partial charge in [0, 0.05) is 23.1 Å². The van der Waals surface area contributed by atoms with E-state index in [4.69, 9.17) is 16.9 Å². The zero-order valence-electron chi connectivity index (χ0n) is 14.1. The molecule has 1 heterocycles. The van der Waals surface area contributed by atoms with Gasteiger partial charge in [-0.3, -0.25) is 10.2 Å². The van der Waals surface area contributed by atoms with E-state index in [9.17, 15) is 9.90 Å². The predicted molar refractivity (Wildman–Crippen MR) is 104 cm³/mol. The number of phenols is 1. The molecule has 0 saturated heterocycles. The van der Waals surface area contributed by atoms with Gasteiger partial charge in [0.05, 0.1) is 5.69 Å². The molecule has 136 valence electrons. The summed E-state index contributed by atoms with van der Waals surface area (Å²) in [4.78, 5) is 20.2. The third-order valence-electron chi connectivity index (χ3n) is 3.65. The fourth-order valence-corrected chi connectivity index (χ4v) is 2.33. The smallest absolute Gasteiger partial charge is 0.274 e. The zero-order chi connectivity index (χ0) is 19.4. The molecule has 3 rings (SSSR count). The van der Waals surface area contributed by atoms with Crippen molar-refractivity contribution in [3.05, 3.63) is 60.3 Å². The molecule has 9 nitrogen and oxygen atoms in total. The number of benzene rings is 2. The van der Waals surface area contributed by atoms with Crippen molar-refractivity contribution in [2.45, 2.75) is 0 Å². The van der Waals surface area contributed by atoms with Gasteiger partial charge >= 0.3 is 0 Å². The summed E-state index contributed by atoms with van der Waals surface area (Å²) in [6.45, 7) is 0. The van der Waals surface area contributed by atoms with Gasteiger partial charge in [-0.1, -0.05) is 12.1 Å². The number of nitrogens with zero attached hydrogens (tertiary/aromatic N) is 2. The summed E-state index contributed by atoms with van der Waals surface area (Å²) in [5.74, 6) is -0.219. The van der Waals surface area contributed by atoms with Crippen molar-refractivity contribution < 1.29 is 9.90 Å². The van der Waals surface area contributed by atoms with Crippen LogP contribution in [0.4, 0.5) is 28.8 Å². The molecule has 0 aliphatic rings. The van der Waals surface area contributed by atoms with Crippen molar-refractivity contribution in [2.24, 2.45) is 0 Å². The minimum Gasteiger partial charge on any atom is -0.506 e. The Bertz CT molecular complexity index is 1020. The molecule has 1 amide bonds. The fourth-order valence-electron chi connectivity index (χ4n) is 2.33. The normalized spacial score (nSPS) is 10.2. The monoisotopic (exact) mass is 363 g/mol. The molecule has 0 saturated carbocycles. The van der Waals surface area contributed by atoms with Gasteiger partial charge in [0.25, 0.3) is 5.91 Å². The minimum absolute atomic E-state index is 0.0941. The van der Waals surface area contributed by atoms with Crippen LogP contribution in [-0.4, -0.2) is 26.7 Å². The Kier molecular flexibility index (Phi) is 4.84. The van der Waals surface area contributed by atoms with Gasteiger partial charge in [-0.15, -0.1) is 0 Å². The van der Waals surface area contributed by atoms with E-state index in [0.29, 0.717) is 11.5 Å². The fraction of sp³-hybridized carbons (Fsp3) is 0. The number of anilines is 5. The lowest BCUT2D eigenvalue weighted by Gasteiger charge is -2.12. The molecule has 3 aromatic rings. The lowest BCUT2D eigenvalue weighted by molar-refractivity contribution is -0.110. The van der Waals surface area contributed by atoms with Crippen molar-refractivity contribution >= 4 is 40.4 Å². The molecule has 0 radical (unpaired) electrons. The highest BCUT2D eigenvalue weighted by Crippen LogP contribution is 2.24. The SMILES string of the molecule is N=C(C(=O)Nc1ccccc1O)c1cc(Nc2ccnc(N)n2)ccc1N. The standard InChI is InChI=1S/C18H17N7O2/c19-12-6-5-10(23-15-7-8-22-18(21)25-15)9-11(12)16(20)17(27)24-13-3-1-2-4-14(13)26/h1-9,20,26H,19H2,(H,24,27)(H3,21,22,23,25). The van der Waals surface area contributed by atoms with E-state index >= 15 is 0 Å². The number of aromatic nitrogens is 2. The Morgan fingerprint density at radius 1 is 1.11 bits per heavy atom. The Balaban J connectivity index is 1.82. The average Bonchev–Trinajstić information content (AvgIpc) is 2.64. The number of carbonyl (C=O) groups excluding carboxylic acids is 1. The largest absolute Gasteiger partial charge is 0.506 e. The summed E-state index contributed by atoms with van der Waals surface area (Å²) >= 11 is 0. The predicted octanol–water partition coefficient (Wildman–Crippen LogP) is 2.10. The molecule has 0 atom stereocenters. The first-order chi connectivity index (χ1) is 12.9. The Labute approximate surface area is 154 Å². The Morgan fingerprint density at radius 2 is 1.89 bits per heavy atom. The number of carbonyl (C=O) groups is 1. The van der Waals surface area contributed by atoms with Gasteiger partial charge in [0.1, 0.15) is 17.3 Å². The van der Waals surface area contributed by atoms with Crippen LogP contribution >= 0.6 is 0 Å². The molecule has 0 aliphatic carbocycles.